The number of aromatic nitrogens is 1. The van der Waals surface area contributed by atoms with E-state index in [1.807, 2.05) is 0 Å². The lowest BCUT2D eigenvalue weighted by molar-refractivity contribution is -0.119. The van der Waals surface area contributed by atoms with Gasteiger partial charge in [0.15, 0.2) is 0 Å². The number of benzene rings is 2. The third-order valence-corrected chi connectivity index (χ3v) is 8.11. The van der Waals surface area contributed by atoms with Gasteiger partial charge in [0.05, 0.1) is 16.3 Å². The molecule has 1 aliphatic heterocycles. The number of sulfone groups is 1. The molecule has 2 fully saturated rings. The Bertz CT molecular complexity index is 1560. The normalized spacial score (nSPS) is 21.2. The molecule has 2 unspecified atom stereocenters. The number of alkyl halides is 3. The van der Waals surface area contributed by atoms with E-state index in [-0.39, 0.29) is 23.0 Å². The summed E-state index contributed by atoms with van der Waals surface area (Å²) in [6, 6.07) is 14.1. The van der Waals surface area contributed by atoms with E-state index in [0.717, 1.165) is 17.0 Å². The molecule has 0 bridgehead atoms. The molecule has 1 spiro atoms. The van der Waals surface area contributed by atoms with Crippen molar-refractivity contribution in [3.63, 3.8) is 0 Å². The molecule has 1 N–H and O–H groups in total. The summed E-state index contributed by atoms with van der Waals surface area (Å²) in [6.45, 7) is 1.77. The molecular weight excluding hydrogens is 525 g/mol. The second kappa shape index (κ2) is 8.65. The van der Waals surface area contributed by atoms with Crippen LogP contribution in [0.15, 0.2) is 77.8 Å². The van der Waals surface area contributed by atoms with Gasteiger partial charge in [-0.1, -0.05) is 25.1 Å². The number of imide groups is 1. The van der Waals surface area contributed by atoms with Crippen molar-refractivity contribution in [2.45, 2.75) is 29.3 Å². The van der Waals surface area contributed by atoms with E-state index in [4.69, 9.17) is 0 Å². The molecule has 2 atom stereocenters. The zero-order valence-corrected chi connectivity index (χ0v) is 20.5. The van der Waals surface area contributed by atoms with E-state index in [2.05, 4.69) is 10.3 Å². The fourth-order valence-electron chi connectivity index (χ4n) is 4.54. The summed E-state index contributed by atoms with van der Waals surface area (Å²) >= 11 is 0. The van der Waals surface area contributed by atoms with Crippen molar-refractivity contribution in [1.82, 2.24) is 4.98 Å². The van der Waals surface area contributed by atoms with Crippen LogP contribution in [-0.4, -0.2) is 42.3 Å². The largest absolute Gasteiger partial charge is 0.501 e. The first-order valence-electron chi connectivity index (χ1n) is 11.3. The highest BCUT2D eigenvalue weighted by Crippen LogP contribution is 2.55. The molecule has 2 aromatic carbocycles. The van der Waals surface area contributed by atoms with E-state index in [0.29, 0.717) is 24.2 Å². The molecule has 1 saturated carbocycles. The van der Waals surface area contributed by atoms with Crippen molar-refractivity contribution in [1.29, 1.82) is 0 Å². The molecule has 13 heteroatoms. The fraction of sp³-hybridized carbons (Fsp3) is 0.200. The smallest absolute Gasteiger partial charge is 0.321 e. The van der Waals surface area contributed by atoms with Crippen LogP contribution in [0.25, 0.3) is 0 Å². The Balaban J connectivity index is 1.47. The molecule has 38 heavy (non-hydrogen) atoms. The molecule has 5 rings (SSSR count). The van der Waals surface area contributed by atoms with Gasteiger partial charge in [-0.25, -0.2) is 18.1 Å². The second-order valence-corrected chi connectivity index (χ2v) is 10.9. The highest BCUT2D eigenvalue weighted by Gasteiger charge is 2.70. The third kappa shape index (κ3) is 3.90. The van der Waals surface area contributed by atoms with Gasteiger partial charge < -0.3 is 5.32 Å². The Morgan fingerprint density at radius 1 is 1.03 bits per heavy atom. The van der Waals surface area contributed by atoms with Crippen LogP contribution in [0.5, 0.6) is 0 Å². The zero-order chi connectivity index (χ0) is 27.5. The molecule has 2 aliphatic rings. The second-order valence-electron chi connectivity index (χ2n) is 8.95. The lowest BCUT2D eigenvalue weighted by Gasteiger charge is -2.22. The highest BCUT2D eigenvalue weighted by molar-refractivity contribution is 7.92. The number of halogens is 3. The van der Waals surface area contributed by atoms with E-state index < -0.39 is 43.6 Å². The van der Waals surface area contributed by atoms with Crippen LogP contribution >= 0.6 is 0 Å². The van der Waals surface area contributed by atoms with Crippen molar-refractivity contribution in [3.8, 4) is 0 Å². The Labute approximate surface area is 214 Å². The van der Waals surface area contributed by atoms with Crippen LogP contribution in [0.3, 0.4) is 0 Å². The first-order valence-corrected chi connectivity index (χ1v) is 12.8. The summed E-state index contributed by atoms with van der Waals surface area (Å²) in [6.07, 6.45) is 1.65. The van der Waals surface area contributed by atoms with Crippen LogP contribution in [0, 0.1) is 5.92 Å². The number of amides is 4. The molecule has 196 valence electrons. The number of rotatable bonds is 5. The maximum atomic E-state index is 13.5. The van der Waals surface area contributed by atoms with Gasteiger partial charge in [0.2, 0.25) is 0 Å². The van der Waals surface area contributed by atoms with Gasteiger partial charge in [-0.2, -0.15) is 13.2 Å². The average molecular weight is 545 g/mol. The minimum absolute atomic E-state index is 0.00443. The molecule has 1 saturated heterocycles. The molecular formula is C25H19F3N4O5S. The summed E-state index contributed by atoms with van der Waals surface area (Å²) < 4.78 is 62.1. The Morgan fingerprint density at radius 3 is 2.24 bits per heavy atom. The average Bonchev–Trinajstić information content (AvgIpc) is 3.49. The van der Waals surface area contributed by atoms with Gasteiger partial charge in [0.25, 0.3) is 21.7 Å². The third-order valence-electron chi connectivity index (χ3n) is 6.60. The number of carbonyl (C=O) groups is 3. The zero-order valence-electron chi connectivity index (χ0n) is 19.6. The molecule has 4 amide bonds. The van der Waals surface area contributed by atoms with Gasteiger partial charge in [-0.3, -0.25) is 19.5 Å². The van der Waals surface area contributed by atoms with E-state index in [1.165, 1.54) is 23.2 Å². The summed E-state index contributed by atoms with van der Waals surface area (Å²) in [5.74, 6) is -1.38. The predicted molar refractivity (Wildman–Crippen MR) is 130 cm³/mol. The van der Waals surface area contributed by atoms with E-state index >= 15 is 0 Å². The summed E-state index contributed by atoms with van der Waals surface area (Å²) in [5.41, 5.74) is -6.06. The number of urea groups is 1. The number of hydrogen-bond acceptors (Lipinski definition) is 6. The predicted octanol–water partition coefficient (Wildman–Crippen LogP) is 4.38. The minimum Gasteiger partial charge on any atom is -0.321 e. The van der Waals surface area contributed by atoms with Gasteiger partial charge in [-0.15, -0.1) is 0 Å². The number of hydrogen-bond donors (Lipinski definition) is 1. The number of para-hydroxylation sites is 1. The fourth-order valence-corrected chi connectivity index (χ4v) is 5.30. The molecule has 9 nitrogen and oxygen atoms in total. The van der Waals surface area contributed by atoms with Crippen LogP contribution in [0.4, 0.5) is 35.0 Å². The Hall–Kier alpha value is -4.26. The van der Waals surface area contributed by atoms with Crippen molar-refractivity contribution in [2.75, 3.05) is 15.1 Å². The van der Waals surface area contributed by atoms with Crippen molar-refractivity contribution in [2.24, 2.45) is 5.92 Å². The summed E-state index contributed by atoms with van der Waals surface area (Å²) in [4.78, 5) is 44.9. The lowest BCUT2D eigenvalue weighted by atomic mass is 10.1. The maximum absolute atomic E-state index is 13.5. The Kier molecular flexibility index (Phi) is 5.78. The van der Waals surface area contributed by atoms with Crippen LogP contribution in [0.1, 0.15) is 23.8 Å². The number of carbonyl (C=O) groups excluding carboxylic acids is 3. The van der Waals surface area contributed by atoms with Crippen molar-refractivity contribution < 1.29 is 36.0 Å². The maximum Gasteiger partial charge on any atom is 0.501 e. The molecule has 1 aromatic heterocycles. The summed E-state index contributed by atoms with van der Waals surface area (Å²) in [7, 11) is -5.60. The first-order chi connectivity index (χ1) is 17.9. The van der Waals surface area contributed by atoms with Crippen LogP contribution < -0.4 is 15.1 Å². The van der Waals surface area contributed by atoms with Crippen LogP contribution in [-0.2, 0) is 14.6 Å². The number of nitrogens with one attached hydrogen (secondary N) is 1. The van der Waals surface area contributed by atoms with Crippen molar-refractivity contribution >= 4 is 44.7 Å². The quantitative estimate of drug-likeness (QED) is 0.477. The van der Waals surface area contributed by atoms with Crippen molar-refractivity contribution in [3.05, 3.63) is 78.6 Å². The number of anilines is 3. The number of nitrogens with zero attached hydrogens (tertiary/aromatic N) is 3. The van der Waals surface area contributed by atoms with Gasteiger partial charge in [-0.05, 0) is 60.9 Å². The molecule has 0 radical (unpaired) electrons. The molecule has 3 aromatic rings. The van der Waals surface area contributed by atoms with Gasteiger partial charge in [0, 0.05) is 11.9 Å². The highest BCUT2D eigenvalue weighted by atomic mass is 32.2. The standard InChI is InChI=1S/C25H19F3N4O5S/c1-15-14-24(15)22(34)31(17-7-9-19(10-8-17)38(36,37)25(26,27)28)23(35)32(24)18-11-12-29-20(13-18)21(33)30-16-5-3-2-4-6-16/h2-13,15H,14H2,1H3,(H,30,33). The lowest BCUT2D eigenvalue weighted by Crippen LogP contribution is -2.39. The monoisotopic (exact) mass is 544 g/mol. The SMILES string of the molecule is CC1CC12C(=O)N(c1ccc(S(=O)(=O)C(F)(F)F)cc1)C(=O)N2c1ccnc(C(=O)Nc2ccccc2)c1. The summed E-state index contributed by atoms with van der Waals surface area (Å²) in [5, 5.41) is 2.69. The number of pyridine rings is 1. The molecule has 1 aliphatic carbocycles. The van der Waals surface area contributed by atoms with Gasteiger partial charge >= 0.3 is 11.5 Å². The molecule has 2 heterocycles. The van der Waals surface area contributed by atoms with E-state index in [1.54, 1.807) is 37.3 Å². The first kappa shape index (κ1) is 25.4. The Morgan fingerprint density at radius 2 is 1.66 bits per heavy atom. The van der Waals surface area contributed by atoms with E-state index in [9.17, 15) is 36.0 Å². The minimum atomic E-state index is -5.60. The topological polar surface area (TPSA) is 117 Å². The van der Waals surface area contributed by atoms with Crippen LogP contribution in [0.2, 0.25) is 0 Å². The van der Waals surface area contributed by atoms with Gasteiger partial charge in [0.1, 0.15) is 11.2 Å².